The van der Waals surface area contributed by atoms with E-state index in [9.17, 15) is 12.8 Å². The van der Waals surface area contributed by atoms with Gasteiger partial charge in [-0.1, -0.05) is 18.6 Å². The maximum Gasteiger partial charge on any atom is 0.304 e. The smallest absolute Gasteiger partial charge is 0.304 e. The minimum Gasteiger partial charge on any atom is -0.318 e. The van der Waals surface area contributed by atoms with Crippen LogP contribution in [0.4, 0.5) is 10.1 Å². The quantitative estimate of drug-likeness (QED) is 0.897. The molecule has 5 nitrogen and oxygen atoms in total. The SMILES string of the molecule is CNCC1CCCCN1S(=O)(=O)N(C)c1ccccc1F. The molecule has 1 aliphatic rings. The molecule has 1 aliphatic heterocycles. The number of nitrogens with one attached hydrogen (secondary N) is 1. The lowest BCUT2D eigenvalue weighted by molar-refractivity contribution is 0.248. The fourth-order valence-corrected chi connectivity index (χ4v) is 4.33. The molecule has 0 saturated carbocycles. The van der Waals surface area contributed by atoms with Gasteiger partial charge >= 0.3 is 10.2 Å². The molecular weight excluding hydrogens is 293 g/mol. The number of benzene rings is 1. The van der Waals surface area contributed by atoms with Gasteiger partial charge in [0.1, 0.15) is 5.82 Å². The van der Waals surface area contributed by atoms with E-state index in [1.165, 1.54) is 23.5 Å². The highest BCUT2D eigenvalue weighted by Gasteiger charge is 2.35. The molecule has 1 aromatic rings. The minimum atomic E-state index is -3.72. The normalized spacial score (nSPS) is 20.4. The van der Waals surface area contributed by atoms with Crippen LogP contribution in [0.1, 0.15) is 19.3 Å². The summed E-state index contributed by atoms with van der Waals surface area (Å²) in [5, 5.41) is 3.03. The van der Waals surface area contributed by atoms with E-state index in [0.717, 1.165) is 23.6 Å². The van der Waals surface area contributed by atoms with Crippen molar-refractivity contribution in [1.29, 1.82) is 0 Å². The van der Waals surface area contributed by atoms with Crippen molar-refractivity contribution in [3.63, 3.8) is 0 Å². The van der Waals surface area contributed by atoms with Gasteiger partial charge in [-0.05, 0) is 32.0 Å². The summed E-state index contributed by atoms with van der Waals surface area (Å²) in [4.78, 5) is 0. The zero-order chi connectivity index (χ0) is 15.5. The Labute approximate surface area is 125 Å². The van der Waals surface area contributed by atoms with Crippen molar-refractivity contribution in [1.82, 2.24) is 9.62 Å². The van der Waals surface area contributed by atoms with Gasteiger partial charge in [0.25, 0.3) is 0 Å². The first-order chi connectivity index (χ1) is 9.98. The van der Waals surface area contributed by atoms with Gasteiger partial charge in [0.05, 0.1) is 5.69 Å². The highest BCUT2D eigenvalue weighted by Crippen LogP contribution is 2.26. The molecule has 0 bridgehead atoms. The molecule has 0 radical (unpaired) electrons. The van der Waals surface area contributed by atoms with Crippen LogP contribution in [0, 0.1) is 5.82 Å². The average molecular weight is 315 g/mol. The van der Waals surface area contributed by atoms with Crippen LogP contribution < -0.4 is 9.62 Å². The molecule has 2 rings (SSSR count). The number of hydrogen-bond donors (Lipinski definition) is 1. The highest BCUT2D eigenvalue weighted by atomic mass is 32.2. The summed E-state index contributed by atoms with van der Waals surface area (Å²) in [5.41, 5.74) is 0.0753. The Hall–Kier alpha value is -1.18. The zero-order valence-corrected chi connectivity index (χ0v) is 13.2. The first-order valence-corrected chi connectivity index (χ1v) is 8.53. The molecule has 1 N–H and O–H groups in total. The number of anilines is 1. The first kappa shape index (κ1) is 16.2. The number of piperidine rings is 1. The number of para-hydroxylation sites is 1. The number of halogens is 1. The summed E-state index contributed by atoms with van der Waals surface area (Å²) in [6.07, 6.45) is 2.68. The third-order valence-corrected chi connectivity index (χ3v) is 5.81. The van der Waals surface area contributed by atoms with Crippen LogP contribution in [0.2, 0.25) is 0 Å². The number of nitrogens with zero attached hydrogens (tertiary/aromatic N) is 2. The Morgan fingerprint density at radius 3 is 2.76 bits per heavy atom. The molecule has 7 heteroatoms. The van der Waals surface area contributed by atoms with E-state index in [0.29, 0.717) is 13.1 Å². The summed E-state index contributed by atoms with van der Waals surface area (Å²) in [6, 6.07) is 5.84. The Balaban J connectivity index is 2.29. The van der Waals surface area contributed by atoms with Crippen molar-refractivity contribution < 1.29 is 12.8 Å². The second-order valence-corrected chi connectivity index (χ2v) is 7.16. The van der Waals surface area contributed by atoms with Crippen LogP contribution in [0.25, 0.3) is 0 Å². The van der Waals surface area contributed by atoms with Gasteiger partial charge in [0.2, 0.25) is 0 Å². The average Bonchev–Trinajstić information content (AvgIpc) is 2.48. The summed E-state index contributed by atoms with van der Waals surface area (Å²) < 4.78 is 41.9. The topological polar surface area (TPSA) is 52.7 Å². The van der Waals surface area contributed by atoms with E-state index in [2.05, 4.69) is 5.32 Å². The van der Waals surface area contributed by atoms with Gasteiger partial charge in [0, 0.05) is 26.2 Å². The lowest BCUT2D eigenvalue weighted by atomic mass is 10.1. The van der Waals surface area contributed by atoms with Crippen molar-refractivity contribution in [2.45, 2.75) is 25.3 Å². The Kier molecular flexibility index (Phi) is 5.18. The lowest BCUT2D eigenvalue weighted by Gasteiger charge is -2.37. The molecule has 0 aromatic heterocycles. The maximum atomic E-state index is 13.8. The van der Waals surface area contributed by atoms with E-state index in [4.69, 9.17) is 0 Å². The van der Waals surface area contributed by atoms with Crippen LogP contribution >= 0.6 is 0 Å². The van der Waals surface area contributed by atoms with Crippen LogP contribution in [0.15, 0.2) is 24.3 Å². The van der Waals surface area contributed by atoms with Crippen molar-refractivity contribution in [3.8, 4) is 0 Å². The first-order valence-electron chi connectivity index (χ1n) is 7.13. The molecule has 0 amide bonds. The Morgan fingerprint density at radius 1 is 1.38 bits per heavy atom. The van der Waals surface area contributed by atoms with Crippen LogP contribution in [0.3, 0.4) is 0 Å². The van der Waals surface area contributed by atoms with Gasteiger partial charge in [-0.15, -0.1) is 0 Å². The molecular formula is C14H22FN3O2S. The minimum absolute atomic E-state index is 0.0753. The van der Waals surface area contributed by atoms with Crippen molar-refractivity contribution in [3.05, 3.63) is 30.1 Å². The fourth-order valence-electron chi connectivity index (χ4n) is 2.71. The van der Waals surface area contributed by atoms with E-state index < -0.39 is 16.0 Å². The lowest BCUT2D eigenvalue weighted by Crippen LogP contribution is -2.52. The number of likely N-dealkylation sites (N-methyl/N-ethyl adjacent to an activating group) is 1. The monoisotopic (exact) mass is 315 g/mol. The third-order valence-electron chi connectivity index (χ3n) is 3.85. The zero-order valence-electron chi connectivity index (χ0n) is 12.4. The molecule has 1 atom stereocenters. The highest BCUT2D eigenvalue weighted by molar-refractivity contribution is 7.90. The third kappa shape index (κ3) is 3.36. The molecule has 21 heavy (non-hydrogen) atoms. The van der Waals surface area contributed by atoms with Crippen molar-refractivity contribution in [2.75, 3.05) is 31.5 Å². The second kappa shape index (κ2) is 6.72. The molecule has 1 aromatic carbocycles. The van der Waals surface area contributed by atoms with Gasteiger partial charge < -0.3 is 5.32 Å². The molecule has 1 heterocycles. The molecule has 0 aliphatic carbocycles. The predicted octanol–water partition coefficient (Wildman–Crippen LogP) is 1.58. The van der Waals surface area contributed by atoms with Crippen molar-refractivity contribution in [2.24, 2.45) is 0 Å². The fraction of sp³-hybridized carbons (Fsp3) is 0.571. The van der Waals surface area contributed by atoms with Crippen LogP contribution in [-0.2, 0) is 10.2 Å². The van der Waals surface area contributed by atoms with Gasteiger partial charge in [-0.25, -0.2) is 4.39 Å². The van der Waals surface area contributed by atoms with E-state index in [-0.39, 0.29) is 11.7 Å². The van der Waals surface area contributed by atoms with E-state index >= 15 is 0 Å². The van der Waals surface area contributed by atoms with Crippen LogP contribution in [0.5, 0.6) is 0 Å². The summed E-state index contributed by atoms with van der Waals surface area (Å²) in [7, 11) is -0.515. The molecule has 1 saturated heterocycles. The number of hydrogen-bond acceptors (Lipinski definition) is 3. The maximum absolute atomic E-state index is 13.8. The van der Waals surface area contributed by atoms with Crippen LogP contribution in [-0.4, -0.2) is 45.9 Å². The molecule has 1 fully saturated rings. The standard InChI is InChI=1S/C14H22FN3O2S/c1-16-11-12-7-5-6-10-18(12)21(19,20)17(2)14-9-4-3-8-13(14)15/h3-4,8-9,12,16H,5-7,10-11H2,1-2H3. The molecule has 118 valence electrons. The summed E-state index contributed by atoms with van der Waals surface area (Å²) >= 11 is 0. The van der Waals surface area contributed by atoms with Gasteiger partial charge in [0.15, 0.2) is 0 Å². The van der Waals surface area contributed by atoms with Crippen molar-refractivity contribution >= 4 is 15.9 Å². The second-order valence-electron chi connectivity index (χ2n) is 5.24. The van der Waals surface area contributed by atoms with Gasteiger partial charge in [-0.2, -0.15) is 12.7 Å². The Morgan fingerprint density at radius 2 is 2.10 bits per heavy atom. The molecule has 0 spiro atoms. The predicted molar refractivity (Wildman–Crippen MR) is 82.0 cm³/mol. The largest absolute Gasteiger partial charge is 0.318 e. The summed E-state index contributed by atoms with van der Waals surface area (Å²) in [5.74, 6) is -0.536. The number of rotatable bonds is 5. The van der Waals surface area contributed by atoms with Gasteiger partial charge in [-0.3, -0.25) is 4.31 Å². The Bertz CT molecular complexity index is 577. The molecule has 1 unspecified atom stereocenters. The van der Waals surface area contributed by atoms with E-state index in [1.807, 2.05) is 0 Å². The summed E-state index contributed by atoms with van der Waals surface area (Å²) in [6.45, 7) is 1.08. The van der Waals surface area contributed by atoms with E-state index in [1.54, 1.807) is 19.2 Å².